The molecule has 86 valence electrons. The van der Waals surface area contributed by atoms with Gasteiger partial charge in [0.15, 0.2) is 0 Å². The predicted octanol–water partition coefficient (Wildman–Crippen LogP) is 1.64. The van der Waals surface area contributed by atoms with Gasteiger partial charge in [0.1, 0.15) is 6.23 Å². The summed E-state index contributed by atoms with van der Waals surface area (Å²) >= 11 is 0. The number of hydrazine groups is 1. The van der Waals surface area contributed by atoms with E-state index in [1.807, 2.05) is 18.2 Å². The maximum atomic E-state index is 9.92. The van der Waals surface area contributed by atoms with Crippen molar-refractivity contribution in [2.75, 3.05) is 5.43 Å². The van der Waals surface area contributed by atoms with E-state index in [2.05, 4.69) is 10.9 Å². The van der Waals surface area contributed by atoms with Gasteiger partial charge in [0.25, 0.3) is 0 Å². The largest absolute Gasteiger partial charge is 0.373 e. The molecule has 0 saturated heterocycles. The molecule has 0 saturated carbocycles. The zero-order valence-corrected chi connectivity index (χ0v) is 9.33. The number of fused-ring (bicyclic) bond motifs is 2. The van der Waals surface area contributed by atoms with Crippen LogP contribution in [0.3, 0.4) is 0 Å². The molecule has 2 aliphatic rings. The summed E-state index contributed by atoms with van der Waals surface area (Å²) in [6, 6.07) is 5.92. The molecule has 1 aromatic carbocycles. The van der Waals surface area contributed by atoms with Gasteiger partial charge in [-0.15, -0.1) is 0 Å². The Morgan fingerprint density at radius 3 is 3.18 bits per heavy atom. The lowest BCUT2D eigenvalue weighted by atomic mass is 10.00. The maximum absolute atomic E-state index is 9.92. The van der Waals surface area contributed by atoms with E-state index < -0.39 is 6.23 Å². The molecule has 0 fully saturated rings. The summed E-state index contributed by atoms with van der Waals surface area (Å²) in [5.41, 5.74) is 11.6. The lowest BCUT2D eigenvalue weighted by molar-refractivity contribution is 0.148. The van der Waals surface area contributed by atoms with Crippen LogP contribution in [0.5, 0.6) is 0 Å². The monoisotopic (exact) mass is 227 g/mol. The van der Waals surface area contributed by atoms with Crippen LogP contribution < -0.4 is 10.9 Å². The highest BCUT2D eigenvalue weighted by Gasteiger charge is 2.25. The molecule has 4 nitrogen and oxygen atoms in total. The van der Waals surface area contributed by atoms with Crippen LogP contribution in [0.15, 0.2) is 18.2 Å². The molecule has 0 radical (unpaired) electrons. The minimum absolute atomic E-state index is 0.660. The van der Waals surface area contributed by atoms with Crippen LogP contribution in [-0.2, 0) is 12.8 Å². The summed E-state index contributed by atoms with van der Waals surface area (Å²) in [4.78, 5) is 4.71. The third-order valence-corrected chi connectivity index (χ3v) is 3.70. The third kappa shape index (κ3) is 1.16. The van der Waals surface area contributed by atoms with Gasteiger partial charge in [0, 0.05) is 16.6 Å². The van der Waals surface area contributed by atoms with Crippen LogP contribution in [0, 0.1) is 0 Å². The standard InChI is InChI=1S/C13H13N3O/c17-13-8-4-2-6-10-11(8)12(15-16-13)7-3-1-5-9(7)14-10/h2,4,6,13,15-17H,1,3,5H2. The Kier molecular flexibility index (Phi) is 1.76. The number of aryl methyl sites for hydroxylation is 1. The van der Waals surface area contributed by atoms with Gasteiger partial charge in [-0.2, -0.15) is 0 Å². The smallest absolute Gasteiger partial charge is 0.147 e. The van der Waals surface area contributed by atoms with Gasteiger partial charge in [-0.05, 0) is 30.9 Å². The van der Waals surface area contributed by atoms with Gasteiger partial charge in [-0.3, -0.25) is 4.98 Å². The minimum Gasteiger partial charge on any atom is -0.373 e. The predicted molar refractivity (Wildman–Crippen MR) is 65.5 cm³/mol. The molecule has 1 aliphatic heterocycles. The number of pyridine rings is 1. The van der Waals surface area contributed by atoms with Gasteiger partial charge in [-0.1, -0.05) is 12.1 Å². The molecule has 2 aromatic rings. The Bertz CT molecular complexity index is 624. The van der Waals surface area contributed by atoms with Gasteiger partial charge in [-0.25, -0.2) is 5.43 Å². The number of nitrogens with zero attached hydrogens (tertiary/aromatic N) is 1. The van der Waals surface area contributed by atoms with Crippen molar-refractivity contribution in [3.63, 3.8) is 0 Å². The average molecular weight is 227 g/mol. The summed E-state index contributed by atoms with van der Waals surface area (Å²) in [6.07, 6.45) is 2.65. The van der Waals surface area contributed by atoms with Crippen LogP contribution >= 0.6 is 0 Å². The van der Waals surface area contributed by atoms with E-state index in [9.17, 15) is 5.11 Å². The molecule has 4 heteroatoms. The lowest BCUT2D eigenvalue weighted by Crippen LogP contribution is -2.31. The van der Waals surface area contributed by atoms with Crippen molar-refractivity contribution in [1.29, 1.82) is 0 Å². The Labute approximate surface area is 98.6 Å². The number of hydrogen-bond donors (Lipinski definition) is 3. The third-order valence-electron chi connectivity index (χ3n) is 3.70. The van der Waals surface area contributed by atoms with E-state index in [1.165, 1.54) is 17.7 Å². The van der Waals surface area contributed by atoms with Crippen molar-refractivity contribution in [2.24, 2.45) is 0 Å². The molecule has 2 heterocycles. The highest BCUT2D eigenvalue weighted by Crippen LogP contribution is 2.38. The normalized spacial score (nSPS) is 21.4. The van der Waals surface area contributed by atoms with Crippen molar-refractivity contribution in [2.45, 2.75) is 25.5 Å². The molecular formula is C13H13N3O. The van der Waals surface area contributed by atoms with Crippen molar-refractivity contribution in [3.05, 3.63) is 35.0 Å². The molecule has 0 bridgehead atoms. The van der Waals surface area contributed by atoms with E-state index in [-0.39, 0.29) is 0 Å². The van der Waals surface area contributed by atoms with E-state index in [1.54, 1.807) is 0 Å². The fourth-order valence-electron chi connectivity index (χ4n) is 2.92. The Morgan fingerprint density at radius 1 is 1.29 bits per heavy atom. The molecule has 1 unspecified atom stereocenters. The Morgan fingerprint density at radius 2 is 2.24 bits per heavy atom. The molecule has 1 aliphatic carbocycles. The maximum Gasteiger partial charge on any atom is 0.147 e. The van der Waals surface area contributed by atoms with Crippen LogP contribution in [0.25, 0.3) is 10.9 Å². The topological polar surface area (TPSA) is 57.2 Å². The second-order valence-corrected chi connectivity index (χ2v) is 4.68. The van der Waals surface area contributed by atoms with Crippen LogP contribution in [0.1, 0.15) is 29.5 Å². The zero-order chi connectivity index (χ0) is 11.4. The molecular weight excluding hydrogens is 214 g/mol. The highest BCUT2D eigenvalue weighted by molar-refractivity contribution is 5.97. The van der Waals surface area contributed by atoms with Crippen molar-refractivity contribution < 1.29 is 5.11 Å². The SMILES string of the molecule is OC1NNc2c3c(nc4cccc1c24)CCC3. The van der Waals surface area contributed by atoms with Crippen LogP contribution in [-0.4, -0.2) is 10.1 Å². The number of aliphatic hydroxyl groups is 1. The molecule has 0 spiro atoms. The quantitative estimate of drug-likeness (QED) is 0.640. The first-order valence-corrected chi connectivity index (χ1v) is 5.98. The first kappa shape index (κ1) is 9.39. The second kappa shape index (κ2) is 3.18. The first-order chi connectivity index (χ1) is 8.34. The van der Waals surface area contributed by atoms with E-state index in [0.717, 1.165) is 35.0 Å². The minimum atomic E-state index is -0.660. The van der Waals surface area contributed by atoms with Gasteiger partial charge >= 0.3 is 0 Å². The Balaban J connectivity index is 2.17. The van der Waals surface area contributed by atoms with Crippen LogP contribution in [0.2, 0.25) is 0 Å². The summed E-state index contributed by atoms with van der Waals surface area (Å²) in [6.45, 7) is 0. The molecule has 0 amide bonds. The fraction of sp³-hybridized carbons (Fsp3) is 0.308. The molecule has 17 heavy (non-hydrogen) atoms. The fourth-order valence-corrected chi connectivity index (χ4v) is 2.92. The summed E-state index contributed by atoms with van der Waals surface area (Å²) < 4.78 is 0. The number of aromatic nitrogens is 1. The van der Waals surface area contributed by atoms with E-state index in [4.69, 9.17) is 4.98 Å². The summed E-state index contributed by atoms with van der Waals surface area (Å²) in [5, 5.41) is 11.0. The first-order valence-electron chi connectivity index (χ1n) is 5.98. The second-order valence-electron chi connectivity index (χ2n) is 4.68. The molecule has 4 rings (SSSR count). The number of nitrogens with one attached hydrogen (secondary N) is 2. The number of rotatable bonds is 0. The molecule has 1 aromatic heterocycles. The number of aliphatic hydroxyl groups excluding tert-OH is 1. The highest BCUT2D eigenvalue weighted by atomic mass is 16.3. The van der Waals surface area contributed by atoms with E-state index in [0.29, 0.717) is 0 Å². The van der Waals surface area contributed by atoms with E-state index >= 15 is 0 Å². The van der Waals surface area contributed by atoms with Gasteiger partial charge in [0.2, 0.25) is 0 Å². The number of anilines is 1. The van der Waals surface area contributed by atoms with Crippen LogP contribution in [0.4, 0.5) is 5.69 Å². The summed E-state index contributed by atoms with van der Waals surface area (Å²) in [5.74, 6) is 0. The molecule has 3 N–H and O–H groups in total. The average Bonchev–Trinajstić information content (AvgIpc) is 2.81. The van der Waals surface area contributed by atoms with Crippen molar-refractivity contribution in [1.82, 2.24) is 10.4 Å². The van der Waals surface area contributed by atoms with Crippen molar-refractivity contribution >= 4 is 16.6 Å². The zero-order valence-electron chi connectivity index (χ0n) is 9.33. The lowest BCUT2D eigenvalue weighted by Gasteiger charge is -2.26. The van der Waals surface area contributed by atoms with Gasteiger partial charge < -0.3 is 10.5 Å². The Hall–Kier alpha value is -1.65. The van der Waals surface area contributed by atoms with Crippen molar-refractivity contribution in [3.8, 4) is 0 Å². The number of hydrogen-bond acceptors (Lipinski definition) is 4. The number of benzene rings is 1. The summed E-state index contributed by atoms with van der Waals surface area (Å²) in [7, 11) is 0. The van der Waals surface area contributed by atoms with Gasteiger partial charge in [0.05, 0.1) is 11.2 Å². The molecule has 1 atom stereocenters.